The van der Waals surface area contributed by atoms with Crippen molar-refractivity contribution in [3.63, 3.8) is 0 Å². The lowest BCUT2D eigenvalue weighted by molar-refractivity contribution is -0.136. The van der Waals surface area contributed by atoms with E-state index in [0.29, 0.717) is 47.8 Å². The van der Waals surface area contributed by atoms with Crippen molar-refractivity contribution in [1.29, 1.82) is 0 Å². The molecule has 1 aliphatic rings. The molecule has 1 fully saturated rings. The van der Waals surface area contributed by atoms with Crippen molar-refractivity contribution >= 4 is 29.2 Å². The van der Waals surface area contributed by atoms with Crippen LogP contribution < -0.4 is 10.5 Å². The summed E-state index contributed by atoms with van der Waals surface area (Å²) in [5.41, 5.74) is 6.38. The predicted molar refractivity (Wildman–Crippen MR) is 105 cm³/mol. The fourth-order valence-corrected chi connectivity index (χ4v) is 3.25. The Hall–Kier alpha value is -2.86. The van der Waals surface area contributed by atoms with Crippen LogP contribution >= 0.6 is 11.6 Å². The van der Waals surface area contributed by atoms with Gasteiger partial charge in [0.2, 0.25) is 5.91 Å². The summed E-state index contributed by atoms with van der Waals surface area (Å²) in [5.74, 6) is -0.207. The molecular weight excluding hydrogens is 380 g/mol. The number of ketones is 1. The molecule has 3 rings (SSSR count). The first-order chi connectivity index (χ1) is 13.4. The first kappa shape index (κ1) is 19.9. The summed E-state index contributed by atoms with van der Waals surface area (Å²) in [6.45, 7) is 0.917. The number of piperidine rings is 1. The molecule has 0 aliphatic carbocycles. The third-order valence-corrected chi connectivity index (χ3v) is 5.09. The number of amides is 2. The number of ether oxygens (including phenoxy) is 1. The standard InChI is InChI=1S/C21H21ClN2O4/c22-17-5-1-14(2-6-17)20(26)15-3-7-18(8-4-15)28-13-19(25)24-11-9-16(10-12-24)21(23)27/h1-8,16H,9-13H2,(H2,23,27). The molecule has 0 spiro atoms. The number of primary amides is 1. The van der Waals surface area contributed by atoms with Crippen molar-refractivity contribution in [2.45, 2.75) is 12.8 Å². The Morgan fingerprint density at radius 2 is 1.50 bits per heavy atom. The highest BCUT2D eigenvalue weighted by atomic mass is 35.5. The van der Waals surface area contributed by atoms with Crippen LogP contribution in [0.4, 0.5) is 0 Å². The van der Waals surface area contributed by atoms with E-state index in [4.69, 9.17) is 22.1 Å². The van der Waals surface area contributed by atoms with E-state index < -0.39 is 0 Å². The Labute approximate surface area is 168 Å². The van der Waals surface area contributed by atoms with Crippen LogP contribution in [0.5, 0.6) is 5.75 Å². The van der Waals surface area contributed by atoms with E-state index in [1.807, 2.05) is 0 Å². The number of nitrogens with zero attached hydrogens (tertiary/aromatic N) is 1. The fourth-order valence-electron chi connectivity index (χ4n) is 3.12. The second-order valence-electron chi connectivity index (χ2n) is 6.71. The lowest BCUT2D eigenvalue weighted by atomic mass is 9.96. The Morgan fingerprint density at radius 3 is 2.04 bits per heavy atom. The molecular formula is C21H21ClN2O4. The van der Waals surface area contributed by atoms with Crippen molar-refractivity contribution < 1.29 is 19.1 Å². The lowest BCUT2D eigenvalue weighted by Crippen LogP contribution is -2.43. The quantitative estimate of drug-likeness (QED) is 0.755. The monoisotopic (exact) mass is 400 g/mol. The van der Waals surface area contributed by atoms with E-state index in [1.165, 1.54) is 0 Å². The number of halogens is 1. The van der Waals surface area contributed by atoms with Crippen LogP contribution in [-0.4, -0.2) is 42.2 Å². The van der Waals surface area contributed by atoms with Crippen molar-refractivity contribution in [3.05, 3.63) is 64.7 Å². The van der Waals surface area contributed by atoms with Crippen LogP contribution in [0.25, 0.3) is 0 Å². The number of hydrogen-bond donors (Lipinski definition) is 1. The SMILES string of the molecule is NC(=O)C1CCN(C(=O)COc2ccc(C(=O)c3ccc(Cl)cc3)cc2)CC1. The van der Waals surface area contributed by atoms with E-state index in [9.17, 15) is 14.4 Å². The highest BCUT2D eigenvalue weighted by Gasteiger charge is 2.25. The number of hydrogen-bond acceptors (Lipinski definition) is 4. The molecule has 0 unspecified atom stereocenters. The summed E-state index contributed by atoms with van der Waals surface area (Å²) in [5, 5.41) is 0.573. The van der Waals surface area contributed by atoms with Gasteiger partial charge in [0.1, 0.15) is 5.75 Å². The van der Waals surface area contributed by atoms with Crippen LogP contribution in [0, 0.1) is 5.92 Å². The maximum atomic E-state index is 12.4. The minimum Gasteiger partial charge on any atom is -0.484 e. The molecule has 1 aliphatic heterocycles. The van der Waals surface area contributed by atoms with E-state index in [0.717, 1.165) is 0 Å². The number of carbonyl (C=O) groups excluding carboxylic acids is 3. The minimum atomic E-state index is -0.309. The number of benzene rings is 2. The molecule has 6 nitrogen and oxygen atoms in total. The maximum absolute atomic E-state index is 12.4. The zero-order valence-electron chi connectivity index (χ0n) is 15.3. The summed E-state index contributed by atoms with van der Waals surface area (Å²) in [7, 11) is 0. The molecule has 0 bridgehead atoms. The molecule has 0 saturated carbocycles. The molecule has 146 valence electrons. The van der Waals surface area contributed by atoms with E-state index in [2.05, 4.69) is 0 Å². The molecule has 2 amide bonds. The van der Waals surface area contributed by atoms with Gasteiger partial charge in [0.25, 0.3) is 5.91 Å². The molecule has 0 atom stereocenters. The van der Waals surface area contributed by atoms with Gasteiger partial charge in [-0.25, -0.2) is 0 Å². The largest absolute Gasteiger partial charge is 0.484 e. The van der Waals surface area contributed by atoms with Crippen LogP contribution in [0.2, 0.25) is 5.02 Å². The van der Waals surface area contributed by atoms with Gasteiger partial charge < -0.3 is 15.4 Å². The molecule has 7 heteroatoms. The van der Waals surface area contributed by atoms with Crippen molar-refractivity contribution in [3.8, 4) is 5.75 Å². The summed E-state index contributed by atoms with van der Waals surface area (Å²) in [6, 6.07) is 13.3. The van der Waals surface area contributed by atoms with Crippen LogP contribution in [0.3, 0.4) is 0 Å². The molecule has 2 aromatic rings. The average Bonchev–Trinajstić information content (AvgIpc) is 2.72. The van der Waals surface area contributed by atoms with Crippen molar-refractivity contribution in [2.75, 3.05) is 19.7 Å². The molecule has 28 heavy (non-hydrogen) atoms. The van der Waals surface area contributed by atoms with Gasteiger partial charge in [-0.1, -0.05) is 11.6 Å². The smallest absolute Gasteiger partial charge is 0.260 e. The van der Waals surface area contributed by atoms with Gasteiger partial charge in [-0.15, -0.1) is 0 Å². The second-order valence-corrected chi connectivity index (χ2v) is 7.14. The van der Waals surface area contributed by atoms with Crippen LogP contribution in [0.1, 0.15) is 28.8 Å². The minimum absolute atomic E-state index is 0.0916. The highest BCUT2D eigenvalue weighted by molar-refractivity contribution is 6.30. The van der Waals surface area contributed by atoms with Crippen LogP contribution in [-0.2, 0) is 9.59 Å². The molecule has 0 radical (unpaired) electrons. The summed E-state index contributed by atoms with van der Waals surface area (Å²) in [4.78, 5) is 37.6. The van der Waals surface area contributed by atoms with E-state index in [-0.39, 0.29) is 30.1 Å². The first-order valence-electron chi connectivity index (χ1n) is 9.04. The molecule has 1 saturated heterocycles. The van der Waals surface area contributed by atoms with Gasteiger partial charge in [0, 0.05) is 35.2 Å². The number of likely N-dealkylation sites (tertiary alicyclic amines) is 1. The van der Waals surface area contributed by atoms with E-state index >= 15 is 0 Å². The first-order valence-corrected chi connectivity index (χ1v) is 9.42. The maximum Gasteiger partial charge on any atom is 0.260 e. The number of nitrogens with two attached hydrogens (primary N) is 1. The van der Waals surface area contributed by atoms with Gasteiger partial charge in [-0.05, 0) is 61.4 Å². The van der Waals surface area contributed by atoms with Crippen molar-refractivity contribution in [2.24, 2.45) is 11.7 Å². The van der Waals surface area contributed by atoms with Gasteiger partial charge in [-0.2, -0.15) is 0 Å². The predicted octanol–water partition coefficient (Wildman–Crippen LogP) is 2.67. The normalized spacial score (nSPS) is 14.5. The van der Waals surface area contributed by atoms with Crippen molar-refractivity contribution in [1.82, 2.24) is 4.90 Å². The molecule has 2 aromatic carbocycles. The Bertz CT molecular complexity index is 857. The third-order valence-electron chi connectivity index (χ3n) is 4.84. The van der Waals surface area contributed by atoms with Gasteiger partial charge in [0.05, 0.1) is 0 Å². The molecule has 1 heterocycles. The Morgan fingerprint density at radius 1 is 0.964 bits per heavy atom. The fraction of sp³-hybridized carbons (Fsp3) is 0.286. The molecule has 0 aromatic heterocycles. The van der Waals surface area contributed by atoms with Gasteiger partial charge in [-0.3, -0.25) is 14.4 Å². The second kappa shape index (κ2) is 8.89. The summed E-state index contributed by atoms with van der Waals surface area (Å²) < 4.78 is 5.54. The highest BCUT2D eigenvalue weighted by Crippen LogP contribution is 2.19. The molecule has 2 N–H and O–H groups in total. The zero-order valence-corrected chi connectivity index (χ0v) is 16.0. The number of rotatable bonds is 6. The van der Waals surface area contributed by atoms with Crippen LogP contribution in [0.15, 0.2) is 48.5 Å². The van der Waals surface area contributed by atoms with Gasteiger partial charge >= 0.3 is 0 Å². The summed E-state index contributed by atoms with van der Waals surface area (Å²) >= 11 is 5.84. The summed E-state index contributed by atoms with van der Waals surface area (Å²) in [6.07, 6.45) is 1.17. The average molecular weight is 401 g/mol. The topological polar surface area (TPSA) is 89.7 Å². The zero-order chi connectivity index (χ0) is 20.1. The van der Waals surface area contributed by atoms with E-state index in [1.54, 1.807) is 53.4 Å². The third kappa shape index (κ3) is 4.89. The number of carbonyl (C=O) groups is 3. The Balaban J connectivity index is 1.52. The lowest BCUT2D eigenvalue weighted by Gasteiger charge is -2.30. The Kier molecular flexibility index (Phi) is 6.31. The van der Waals surface area contributed by atoms with Gasteiger partial charge in [0.15, 0.2) is 12.4 Å².